The van der Waals surface area contributed by atoms with Crippen molar-refractivity contribution in [2.45, 2.75) is 20.8 Å². The van der Waals surface area contributed by atoms with Gasteiger partial charge >= 0.3 is 0 Å². The zero-order valence-electron chi connectivity index (χ0n) is 12.3. The van der Waals surface area contributed by atoms with Crippen LogP contribution < -0.4 is 5.32 Å². The second-order valence-corrected chi connectivity index (χ2v) is 5.15. The largest absolute Gasteiger partial charge is 0.506 e. The lowest BCUT2D eigenvalue weighted by atomic mass is 10.1. The third-order valence-corrected chi connectivity index (χ3v) is 3.80. The molecule has 4 heteroatoms. The SMILES string of the molecule is Cc1nc(Nc2ccnc3ccccc23)c(C)c(C)c1O. The van der Waals surface area contributed by atoms with Crippen molar-refractivity contribution in [1.29, 1.82) is 0 Å². The van der Waals surface area contributed by atoms with E-state index >= 15 is 0 Å². The van der Waals surface area contributed by atoms with Gasteiger partial charge in [0.15, 0.2) is 0 Å². The molecule has 0 fully saturated rings. The van der Waals surface area contributed by atoms with Gasteiger partial charge in [0.05, 0.1) is 16.9 Å². The number of aryl methyl sites for hydroxylation is 1. The van der Waals surface area contributed by atoms with Crippen molar-refractivity contribution < 1.29 is 5.11 Å². The molecule has 0 saturated carbocycles. The minimum Gasteiger partial charge on any atom is -0.506 e. The summed E-state index contributed by atoms with van der Waals surface area (Å²) in [5, 5.41) is 14.4. The lowest BCUT2D eigenvalue weighted by Crippen LogP contribution is -2.01. The minimum absolute atomic E-state index is 0.262. The van der Waals surface area contributed by atoms with Gasteiger partial charge in [0.1, 0.15) is 11.6 Å². The van der Waals surface area contributed by atoms with Crippen molar-refractivity contribution in [1.82, 2.24) is 9.97 Å². The van der Waals surface area contributed by atoms with Crippen molar-refractivity contribution in [3.05, 3.63) is 53.3 Å². The highest BCUT2D eigenvalue weighted by atomic mass is 16.3. The van der Waals surface area contributed by atoms with E-state index in [4.69, 9.17) is 0 Å². The average Bonchev–Trinajstić information content (AvgIpc) is 2.51. The number of pyridine rings is 2. The fourth-order valence-corrected chi connectivity index (χ4v) is 2.39. The van der Waals surface area contributed by atoms with Crippen molar-refractivity contribution >= 4 is 22.4 Å². The van der Waals surface area contributed by atoms with Crippen LogP contribution in [0.2, 0.25) is 0 Å². The predicted molar refractivity (Wildman–Crippen MR) is 85.1 cm³/mol. The second kappa shape index (κ2) is 5.05. The smallest absolute Gasteiger partial charge is 0.140 e. The molecule has 0 spiro atoms. The van der Waals surface area contributed by atoms with E-state index in [0.717, 1.165) is 33.5 Å². The van der Waals surface area contributed by atoms with Crippen molar-refractivity contribution in [2.75, 3.05) is 5.32 Å². The quantitative estimate of drug-likeness (QED) is 0.744. The number of rotatable bonds is 2. The zero-order chi connectivity index (χ0) is 15.0. The first-order chi connectivity index (χ1) is 10.1. The minimum atomic E-state index is 0.262. The topological polar surface area (TPSA) is 58.0 Å². The molecule has 0 aliphatic carbocycles. The first-order valence-electron chi connectivity index (χ1n) is 6.85. The fraction of sp³-hybridized carbons (Fsp3) is 0.176. The Labute approximate surface area is 123 Å². The maximum Gasteiger partial charge on any atom is 0.140 e. The van der Waals surface area contributed by atoms with E-state index in [1.54, 1.807) is 13.1 Å². The number of aromatic nitrogens is 2. The third kappa shape index (κ3) is 2.29. The lowest BCUT2D eigenvalue weighted by molar-refractivity contribution is 0.463. The number of hydrogen-bond acceptors (Lipinski definition) is 4. The van der Waals surface area contributed by atoms with Gasteiger partial charge in [0.25, 0.3) is 0 Å². The van der Waals surface area contributed by atoms with Crippen molar-refractivity contribution in [3.8, 4) is 5.75 Å². The van der Waals surface area contributed by atoms with Gasteiger partial charge in [-0.05, 0) is 44.0 Å². The van der Waals surface area contributed by atoms with Gasteiger partial charge in [-0.25, -0.2) is 4.98 Å². The Kier molecular flexibility index (Phi) is 3.22. The number of benzene rings is 1. The van der Waals surface area contributed by atoms with E-state index in [2.05, 4.69) is 15.3 Å². The van der Waals surface area contributed by atoms with Crippen molar-refractivity contribution in [3.63, 3.8) is 0 Å². The molecule has 0 unspecified atom stereocenters. The van der Waals surface area contributed by atoms with Crippen LogP contribution in [0.5, 0.6) is 5.75 Å². The molecule has 3 rings (SSSR count). The van der Waals surface area contributed by atoms with Crippen LogP contribution in [0.3, 0.4) is 0 Å². The Bertz CT molecular complexity index is 822. The monoisotopic (exact) mass is 279 g/mol. The number of nitrogens with one attached hydrogen (secondary N) is 1. The molecule has 2 N–H and O–H groups in total. The standard InChI is InChI=1S/C17H17N3O/c1-10-11(2)17(19-12(3)16(10)21)20-15-8-9-18-14-7-5-4-6-13(14)15/h4-9,21H,1-3H3,(H,18,19,20). The first kappa shape index (κ1) is 13.4. The van der Waals surface area contributed by atoms with Crippen molar-refractivity contribution in [2.24, 2.45) is 0 Å². The van der Waals surface area contributed by atoms with Crippen LogP contribution in [0.15, 0.2) is 36.5 Å². The Morgan fingerprint density at radius 1 is 1.00 bits per heavy atom. The summed E-state index contributed by atoms with van der Waals surface area (Å²) < 4.78 is 0. The molecule has 0 radical (unpaired) electrons. The maximum absolute atomic E-state index is 9.95. The van der Waals surface area contributed by atoms with Crippen LogP contribution in [-0.4, -0.2) is 15.1 Å². The van der Waals surface area contributed by atoms with Gasteiger partial charge < -0.3 is 10.4 Å². The maximum atomic E-state index is 9.95. The summed E-state index contributed by atoms with van der Waals surface area (Å²) in [5.74, 6) is 1.02. The molecule has 2 heterocycles. The Morgan fingerprint density at radius 2 is 1.76 bits per heavy atom. The zero-order valence-corrected chi connectivity index (χ0v) is 12.3. The number of fused-ring (bicyclic) bond motifs is 1. The van der Waals surface area contributed by atoms with Crippen LogP contribution in [-0.2, 0) is 0 Å². The molecule has 3 aromatic rings. The molecular weight excluding hydrogens is 262 g/mol. The summed E-state index contributed by atoms with van der Waals surface area (Å²) in [6.45, 7) is 5.65. The average molecular weight is 279 g/mol. The van der Waals surface area contributed by atoms with Crippen LogP contribution in [0, 0.1) is 20.8 Å². The summed E-state index contributed by atoms with van der Waals surface area (Å²) >= 11 is 0. The lowest BCUT2D eigenvalue weighted by Gasteiger charge is -2.14. The second-order valence-electron chi connectivity index (χ2n) is 5.15. The Balaban J connectivity index is 2.11. The molecule has 1 aromatic carbocycles. The van der Waals surface area contributed by atoms with Gasteiger partial charge in [-0.2, -0.15) is 0 Å². The van der Waals surface area contributed by atoms with E-state index in [0.29, 0.717) is 5.69 Å². The number of hydrogen-bond donors (Lipinski definition) is 2. The molecule has 0 aliphatic heterocycles. The molecule has 0 saturated heterocycles. The Hall–Kier alpha value is -2.62. The van der Waals surface area contributed by atoms with E-state index in [-0.39, 0.29) is 5.75 Å². The van der Waals surface area contributed by atoms with E-state index in [1.807, 2.05) is 44.2 Å². The Morgan fingerprint density at radius 3 is 2.57 bits per heavy atom. The number of nitrogens with zero attached hydrogens (tertiary/aromatic N) is 2. The summed E-state index contributed by atoms with van der Waals surface area (Å²) in [6, 6.07) is 9.90. The summed E-state index contributed by atoms with van der Waals surface area (Å²) in [5.41, 5.74) is 4.31. The van der Waals surface area contributed by atoms with Crippen LogP contribution in [0.25, 0.3) is 10.9 Å². The highest BCUT2D eigenvalue weighted by Crippen LogP contribution is 2.31. The first-order valence-corrected chi connectivity index (χ1v) is 6.85. The molecule has 21 heavy (non-hydrogen) atoms. The number of anilines is 2. The number of para-hydroxylation sites is 1. The molecule has 106 valence electrons. The van der Waals surface area contributed by atoms with Crippen LogP contribution in [0.4, 0.5) is 11.5 Å². The predicted octanol–water partition coefficient (Wildman–Crippen LogP) is 4.00. The third-order valence-electron chi connectivity index (χ3n) is 3.80. The van der Waals surface area contributed by atoms with Gasteiger partial charge in [-0.3, -0.25) is 4.98 Å². The molecule has 0 atom stereocenters. The van der Waals surface area contributed by atoms with E-state index < -0.39 is 0 Å². The summed E-state index contributed by atoms with van der Waals surface area (Å²) in [4.78, 5) is 8.81. The fourth-order valence-electron chi connectivity index (χ4n) is 2.39. The summed E-state index contributed by atoms with van der Waals surface area (Å²) in [6.07, 6.45) is 1.78. The molecular formula is C17H17N3O. The van der Waals surface area contributed by atoms with E-state index in [1.165, 1.54) is 0 Å². The van der Waals surface area contributed by atoms with Gasteiger partial charge in [0, 0.05) is 11.6 Å². The molecule has 2 aromatic heterocycles. The van der Waals surface area contributed by atoms with Gasteiger partial charge in [0.2, 0.25) is 0 Å². The molecule has 4 nitrogen and oxygen atoms in total. The number of aromatic hydroxyl groups is 1. The summed E-state index contributed by atoms with van der Waals surface area (Å²) in [7, 11) is 0. The van der Waals surface area contributed by atoms with Crippen LogP contribution in [0.1, 0.15) is 16.8 Å². The van der Waals surface area contributed by atoms with Gasteiger partial charge in [-0.15, -0.1) is 0 Å². The normalized spacial score (nSPS) is 10.8. The molecule has 0 aliphatic rings. The van der Waals surface area contributed by atoms with Crippen LogP contribution >= 0.6 is 0 Å². The van der Waals surface area contributed by atoms with Gasteiger partial charge in [-0.1, -0.05) is 18.2 Å². The molecule has 0 bridgehead atoms. The highest BCUT2D eigenvalue weighted by Gasteiger charge is 2.12. The highest BCUT2D eigenvalue weighted by molar-refractivity contribution is 5.92. The van der Waals surface area contributed by atoms with E-state index in [9.17, 15) is 5.11 Å². The molecule has 0 amide bonds.